The predicted molar refractivity (Wildman–Crippen MR) is 102 cm³/mol. The maximum atomic E-state index is 12.7. The van der Waals surface area contributed by atoms with Crippen molar-refractivity contribution in [2.24, 2.45) is 17.6 Å². The van der Waals surface area contributed by atoms with Crippen LogP contribution in [0.5, 0.6) is 0 Å². The second-order valence-corrected chi connectivity index (χ2v) is 9.32. The van der Waals surface area contributed by atoms with E-state index in [-0.39, 0.29) is 17.7 Å². The lowest BCUT2D eigenvalue weighted by atomic mass is 9.91. The quantitative estimate of drug-likeness (QED) is 0.747. The van der Waals surface area contributed by atoms with Gasteiger partial charge in [-0.3, -0.25) is 4.79 Å². The summed E-state index contributed by atoms with van der Waals surface area (Å²) in [4.78, 5) is 12.6. The number of carbonyl (C=O) groups excluding carboxylic acids is 1. The number of rotatable bonds is 6. The van der Waals surface area contributed by atoms with Gasteiger partial charge in [0.25, 0.3) is 0 Å². The first-order valence-corrected chi connectivity index (χ1v) is 11.1. The largest absolute Gasteiger partial charge is 0.381 e. The zero-order chi connectivity index (χ0) is 19.3. The third-order valence-electron chi connectivity index (χ3n) is 5.60. The first-order chi connectivity index (χ1) is 13.0. The molecule has 1 aromatic rings. The van der Waals surface area contributed by atoms with Gasteiger partial charge in [0.2, 0.25) is 15.9 Å². The molecule has 2 fully saturated rings. The molecule has 3 rings (SSSR count). The van der Waals surface area contributed by atoms with Crippen LogP contribution in [0.25, 0.3) is 0 Å². The van der Waals surface area contributed by atoms with E-state index in [0.29, 0.717) is 37.7 Å². The van der Waals surface area contributed by atoms with E-state index in [1.807, 2.05) is 0 Å². The number of amides is 1. The summed E-state index contributed by atoms with van der Waals surface area (Å²) >= 11 is 0. The minimum absolute atomic E-state index is 0.110. The van der Waals surface area contributed by atoms with Crippen LogP contribution in [0.4, 0.5) is 0 Å². The fourth-order valence-corrected chi connectivity index (χ4v) is 5.24. The molecule has 2 aliphatic rings. The average Bonchev–Trinajstić information content (AvgIpc) is 2.73. The topological polar surface area (TPSA) is 102 Å². The molecule has 1 aromatic carbocycles. The molecule has 0 radical (unpaired) electrons. The molecule has 2 heterocycles. The van der Waals surface area contributed by atoms with Crippen LogP contribution in [0.15, 0.2) is 35.2 Å². The minimum atomic E-state index is -3.43. The number of nitrogens with two attached hydrogens (primary N) is 1. The van der Waals surface area contributed by atoms with Crippen molar-refractivity contribution in [1.29, 1.82) is 0 Å². The van der Waals surface area contributed by atoms with Crippen molar-refractivity contribution in [3.8, 4) is 0 Å². The Labute approximate surface area is 161 Å². The summed E-state index contributed by atoms with van der Waals surface area (Å²) in [5.74, 6) is 0.343. The molecule has 1 atom stereocenters. The lowest BCUT2D eigenvalue weighted by molar-refractivity contribution is -0.124. The van der Waals surface area contributed by atoms with Crippen molar-refractivity contribution in [2.45, 2.75) is 36.6 Å². The third-order valence-corrected chi connectivity index (χ3v) is 7.51. The molecular weight excluding hydrogens is 366 g/mol. The van der Waals surface area contributed by atoms with Crippen LogP contribution < -0.4 is 11.1 Å². The van der Waals surface area contributed by atoms with E-state index in [9.17, 15) is 13.2 Å². The highest BCUT2D eigenvalue weighted by molar-refractivity contribution is 7.89. The monoisotopic (exact) mass is 395 g/mol. The fourth-order valence-electron chi connectivity index (χ4n) is 3.75. The number of hydrogen-bond acceptors (Lipinski definition) is 5. The van der Waals surface area contributed by atoms with E-state index >= 15 is 0 Å². The molecule has 1 unspecified atom stereocenters. The van der Waals surface area contributed by atoms with Crippen LogP contribution in [0.1, 0.15) is 25.7 Å². The molecule has 27 heavy (non-hydrogen) atoms. The number of hydrogen-bond donors (Lipinski definition) is 2. The van der Waals surface area contributed by atoms with E-state index in [1.165, 1.54) is 4.31 Å². The Hall–Kier alpha value is -1.48. The van der Waals surface area contributed by atoms with E-state index in [1.54, 1.807) is 30.3 Å². The number of carbonyl (C=O) groups is 1. The zero-order valence-corrected chi connectivity index (χ0v) is 16.4. The maximum Gasteiger partial charge on any atom is 0.243 e. The summed E-state index contributed by atoms with van der Waals surface area (Å²) in [6.07, 6.45) is 3.12. The van der Waals surface area contributed by atoms with Crippen LogP contribution in [-0.4, -0.2) is 57.5 Å². The molecule has 2 saturated heterocycles. The highest BCUT2D eigenvalue weighted by Crippen LogP contribution is 2.23. The summed E-state index contributed by atoms with van der Waals surface area (Å²) in [7, 11) is -3.43. The first kappa shape index (κ1) is 20.3. The number of sulfonamides is 1. The van der Waals surface area contributed by atoms with Crippen molar-refractivity contribution < 1.29 is 17.9 Å². The van der Waals surface area contributed by atoms with Crippen LogP contribution in [0, 0.1) is 11.8 Å². The Morgan fingerprint density at radius 3 is 2.41 bits per heavy atom. The molecule has 2 aliphatic heterocycles. The van der Waals surface area contributed by atoms with Gasteiger partial charge < -0.3 is 15.8 Å². The van der Waals surface area contributed by atoms with Gasteiger partial charge in [-0.15, -0.1) is 0 Å². The van der Waals surface area contributed by atoms with E-state index in [2.05, 4.69) is 5.32 Å². The normalized spacial score (nSPS) is 21.7. The van der Waals surface area contributed by atoms with Gasteiger partial charge in [-0.2, -0.15) is 4.31 Å². The van der Waals surface area contributed by atoms with Gasteiger partial charge in [0.1, 0.15) is 0 Å². The van der Waals surface area contributed by atoms with E-state index in [4.69, 9.17) is 10.5 Å². The molecule has 150 valence electrons. The van der Waals surface area contributed by atoms with Gasteiger partial charge in [-0.05, 0) is 49.7 Å². The molecule has 0 saturated carbocycles. The minimum Gasteiger partial charge on any atom is -0.381 e. The summed E-state index contributed by atoms with van der Waals surface area (Å²) in [5, 5.41) is 2.96. The SMILES string of the molecule is NC(C(=O)NCC1CCN(S(=O)(=O)c2ccccc2)CC1)C1CCOCC1. The summed E-state index contributed by atoms with van der Waals surface area (Å²) in [6, 6.07) is 8.03. The van der Waals surface area contributed by atoms with Gasteiger partial charge in [0.05, 0.1) is 10.9 Å². The van der Waals surface area contributed by atoms with Gasteiger partial charge in [-0.25, -0.2) is 8.42 Å². The highest BCUT2D eigenvalue weighted by Gasteiger charge is 2.30. The van der Waals surface area contributed by atoms with Crippen molar-refractivity contribution in [3.63, 3.8) is 0 Å². The van der Waals surface area contributed by atoms with Crippen LogP contribution in [0.2, 0.25) is 0 Å². The predicted octanol–water partition coefficient (Wildman–Crippen LogP) is 0.957. The molecule has 7 nitrogen and oxygen atoms in total. The molecule has 1 amide bonds. The molecule has 0 aromatic heterocycles. The Morgan fingerprint density at radius 1 is 1.15 bits per heavy atom. The fraction of sp³-hybridized carbons (Fsp3) is 0.632. The van der Waals surface area contributed by atoms with Gasteiger partial charge in [0, 0.05) is 32.8 Å². The summed E-state index contributed by atoms with van der Waals surface area (Å²) in [6.45, 7) is 2.84. The second-order valence-electron chi connectivity index (χ2n) is 7.38. The molecule has 0 spiro atoms. The summed E-state index contributed by atoms with van der Waals surface area (Å²) < 4.78 is 32.2. The number of nitrogens with zero attached hydrogens (tertiary/aromatic N) is 1. The number of piperidine rings is 1. The first-order valence-electron chi connectivity index (χ1n) is 9.64. The van der Waals surface area contributed by atoms with Crippen molar-refractivity contribution in [1.82, 2.24) is 9.62 Å². The molecule has 0 aliphatic carbocycles. The highest BCUT2D eigenvalue weighted by atomic mass is 32.2. The van der Waals surface area contributed by atoms with Crippen molar-refractivity contribution >= 4 is 15.9 Å². The molecule has 0 bridgehead atoms. The van der Waals surface area contributed by atoms with Crippen LogP contribution in [-0.2, 0) is 19.6 Å². The van der Waals surface area contributed by atoms with Gasteiger partial charge >= 0.3 is 0 Å². The number of benzene rings is 1. The molecular formula is C19H29N3O4S. The van der Waals surface area contributed by atoms with Gasteiger partial charge in [0.15, 0.2) is 0 Å². The number of ether oxygens (including phenoxy) is 1. The number of nitrogens with one attached hydrogen (secondary N) is 1. The Morgan fingerprint density at radius 2 is 1.78 bits per heavy atom. The smallest absolute Gasteiger partial charge is 0.243 e. The maximum absolute atomic E-state index is 12.7. The zero-order valence-electron chi connectivity index (χ0n) is 15.5. The Balaban J connectivity index is 1.45. The summed E-state index contributed by atoms with van der Waals surface area (Å²) in [5.41, 5.74) is 6.10. The van der Waals surface area contributed by atoms with E-state index < -0.39 is 16.1 Å². The molecule has 3 N–H and O–H groups in total. The molecule has 8 heteroatoms. The average molecular weight is 396 g/mol. The Kier molecular flexibility index (Phi) is 6.86. The second kappa shape index (κ2) is 9.14. The lowest BCUT2D eigenvalue weighted by Gasteiger charge is -2.32. The Bertz CT molecular complexity index is 712. The standard InChI is InChI=1S/C19H29N3O4S/c20-18(16-8-12-26-13-9-16)19(23)21-14-15-6-10-22(11-7-15)27(24,25)17-4-2-1-3-5-17/h1-5,15-16,18H,6-14,20H2,(H,21,23). The third kappa shape index (κ3) is 5.07. The van der Waals surface area contributed by atoms with Gasteiger partial charge in [-0.1, -0.05) is 18.2 Å². The van der Waals surface area contributed by atoms with E-state index in [0.717, 1.165) is 25.7 Å². The van der Waals surface area contributed by atoms with Crippen LogP contribution >= 0.6 is 0 Å². The van der Waals surface area contributed by atoms with Crippen molar-refractivity contribution in [3.05, 3.63) is 30.3 Å². The lowest BCUT2D eigenvalue weighted by Crippen LogP contribution is -2.49. The van der Waals surface area contributed by atoms with Crippen molar-refractivity contribution in [2.75, 3.05) is 32.8 Å². The van der Waals surface area contributed by atoms with Crippen LogP contribution in [0.3, 0.4) is 0 Å².